The highest BCUT2D eigenvalue weighted by Crippen LogP contribution is 1.89. The molecule has 0 aromatic heterocycles. The van der Waals surface area contributed by atoms with Gasteiger partial charge in [0.25, 0.3) is 0 Å². The predicted octanol–water partition coefficient (Wildman–Crippen LogP) is -0.314. The number of hydrogen-bond acceptors (Lipinski definition) is 2. The number of nitrogens with one attached hydrogen (secondary N) is 1. The average molecular weight is 154 g/mol. The van der Waals surface area contributed by atoms with Gasteiger partial charge in [-0.15, -0.1) is 6.42 Å². The zero-order valence-electron chi connectivity index (χ0n) is 7.22. The second-order valence-corrected chi connectivity index (χ2v) is 2.41. The number of likely N-dealkylation sites (N-methyl/N-ethyl adjacent to an activating group) is 2. The average Bonchev–Trinajstić information content (AvgIpc) is 2.02. The highest BCUT2D eigenvalue weighted by atomic mass is 16.2. The minimum atomic E-state index is -0.159. The van der Waals surface area contributed by atoms with Gasteiger partial charge in [-0.2, -0.15) is 0 Å². The summed E-state index contributed by atoms with van der Waals surface area (Å²) >= 11 is 0. The van der Waals surface area contributed by atoms with Gasteiger partial charge in [0.2, 0.25) is 5.91 Å². The number of nitrogens with zero attached hydrogens (tertiary/aromatic N) is 1. The van der Waals surface area contributed by atoms with E-state index in [-0.39, 0.29) is 11.9 Å². The molecule has 3 heteroatoms. The molecule has 62 valence electrons. The fourth-order valence-corrected chi connectivity index (χ4v) is 0.669. The van der Waals surface area contributed by atoms with Gasteiger partial charge in [-0.05, 0) is 14.0 Å². The van der Waals surface area contributed by atoms with Crippen molar-refractivity contribution < 1.29 is 4.79 Å². The Morgan fingerprint density at radius 2 is 2.36 bits per heavy atom. The Morgan fingerprint density at radius 3 is 2.73 bits per heavy atom. The Hall–Kier alpha value is -1.01. The molecule has 1 unspecified atom stereocenters. The second-order valence-electron chi connectivity index (χ2n) is 2.41. The molecule has 0 aliphatic carbocycles. The molecule has 1 amide bonds. The van der Waals surface area contributed by atoms with Crippen LogP contribution in [0.2, 0.25) is 0 Å². The van der Waals surface area contributed by atoms with Crippen LogP contribution in [0.1, 0.15) is 6.92 Å². The number of carbonyl (C=O) groups is 1. The molecule has 0 aromatic carbocycles. The van der Waals surface area contributed by atoms with Crippen LogP contribution in [0.5, 0.6) is 0 Å². The van der Waals surface area contributed by atoms with Crippen LogP contribution in [0.3, 0.4) is 0 Å². The summed E-state index contributed by atoms with van der Waals surface area (Å²) in [6, 6.07) is -0.159. The van der Waals surface area contributed by atoms with Crippen molar-refractivity contribution in [3.8, 4) is 12.3 Å². The lowest BCUT2D eigenvalue weighted by molar-refractivity contribution is -0.130. The molecule has 0 bridgehead atoms. The van der Waals surface area contributed by atoms with Gasteiger partial charge in [0.1, 0.15) is 0 Å². The summed E-state index contributed by atoms with van der Waals surface area (Å²) in [5, 5.41) is 2.84. The van der Waals surface area contributed by atoms with Crippen LogP contribution in [0, 0.1) is 12.3 Å². The molecule has 0 rings (SSSR count). The van der Waals surface area contributed by atoms with Crippen LogP contribution in [-0.2, 0) is 4.79 Å². The molecule has 1 atom stereocenters. The van der Waals surface area contributed by atoms with Crippen molar-refractivity contribution in [2.45, 2.75) is 13.0 Å². The summed E-state index contributed by atoms with van der Waals surface area (Å²) in [6.07, 6.45) is 5.04. The molecule has 11 heavy (non-hydrogen) atoms. The van der Waals surface area contributed by atoms with Crippen molar-refractivity contribution in [2.24, 2.45) is 0 Å². The zero-order chi connectivity index (χ0) is 8.85. The first-order chi connectivity index (χ1) is 5.13. The van der Waals surface area contributed by atoms with E-state index in [9.17, 15) is 4.79 Å². The minimum Gasteiger partial charge on any atom is -0.333 e. The molecule has 0 aliphatic rings. The highest BCUT2D eigenvalue weighted by Gasteiger charge is 2.13. The number of hydrogen-bond donors (Lipinski definition) is 1. The third-order valence-corrected chi connectivity index (χ3v) is 1.51. The third kappa shape index (κ3) is 3.06. The van der Waals surface area contributed by atoms with Crippen molar-refractivity contribution in [1.29, 1.82) is 0 Å². The van der Waals surface area contributed by atoms with Gasteiger partial charge in [-0.3, -0.25) is 4.79 Å². The van der Waals surface area contributed by atoms with Crippen molar-refractivity contribution in [1.82, 2.24) is 10.2 Å². The van der Waals surface area contributed by atoms with E-state index >= 15 is 0 Å². The van der Waals surface area contributed by atoms with Gasteiger partial charge in [-0.1, -0.05) is 5.92 Å². The fraction of sp³-hybridized carbons (Fsp3) is 0.625. The monoisotopic (exact) mass is 154 g/mol. The molecule has 3 nitrogen and oxygen atoms in total. The summed E-state index contributed by atoms with van der Waals surface area (Å²) in [5.41, 5.74) is 0. The smallest absolute Gasteiger partial charge is 0.239 e. The normalized spacial score (nSPS) is 11.8. The van der Waals surface area contributed by atoms with Gasteiger partial charge < -0.3 is 10.2 Å². The van der Waals surface area contributed by atoms with Gasteiger partial charge in [0.15, 0.2) is 0 Å². The maximum absolute atomic E-state index is 11.2. The summed E-state index contributed by atoms with van der Waals surface area (Å²) < 4.78 is 0. The van der Waals surface area contributed by atoms with E-state index in [1.165, 1.54) is 4.90 Å². The molecule has 0 saturated carbocycles. The topological polar surface area (TPSA) is 32.3 Å². The third-order valence-electron chi connectivity index (χ3n) is 1.51. The van der Waals surface area contributed by atoms with E-state index in [2.05, 4.69) is 11.2 Å². The molecule has 0 radical (unpaired) electrons. The van der Waals surface area contributed by atoms with E-state index in [0.29, 0.717) is 6.54 Å². The number of terminal acetylenes is 1. The molecule has 0 aliphatic heterocycles. The lowest BCUT2D eigenvalue weighted by atomic mass is 10.3. The van der Waals surface area contributed by atoms with Crippen LogP contribution in [0.25, 0.3) is 0 Å². The number of carbonyl (C=O) groups excluding carboxylic acids is 1. The molecule has 1 N–H and O–H groups in total. The fourth-order valence-electron chi connectivity index (χ4n) is 0.669. The van der Waals surface area contributed by atoms with Crippen LogP contribution in [0.15, 0.2) is 0 Å². The Balaban J connectivity index is 3.93. The number of amides is 1. The van der Waals surface area contributed by atoms with E-state index in [1.807, 2.05) is 0 Å². The lowest BCUT2D eigenvalue weighted by Gasteiger charge is -2.18. The zero-order valence-corrected chi connectivity index (χ0v) is 7.22. The molecule has 0 fully saturated rings. The van der Waals surface area contributed by atoms with Crippen molar-refractivity contribution in [3.05, 3.63) is 0 Å². The molecule has 0 saturated heterocycles. The summed E-state index contributed by atoms with van der Waals surface area (Å²) in [7, 11) is 3.43. The SMILES string of the molecule is C#CCN(C)C(=O)C(C)NC. The first-order valence-corrected chi connectivity index (χ1v) is 3.49. The molecule has 0 spiro atoms. The molecular formula is C8H14N2O. The predicted molar refractivity (Wildman–Crippen MR) is 45.0 cm³/mol. The van der Waals surface area contributed by atoms with Crippen molar-refractivity contribution in [3.63, 3.8) is 0 Å². The van der Waals surface area contributed by atoms with Gasteiger partial charge in [-0.25, -0.2) is 0 Å². The Kier molecular flexibility index (Phi) is 4.32. The van der Waals surface area contributed by atoms with Gasteiger partial charge in [0.05, 0.1) is 12.6 Å². The standard InChI is InChI=1S/C8H14N2O/c1-5-6-10(4)8(11)7(2)9-3/h1,7,9H,6H2,2-4H3. The maximum atomic E-state index is 11.2. The quantitative estimate of drug-likeness (QED) is 0.565. The maximum Gasteiger partial charge on any atom is 0.239 e. The highest BCUT2D eigenvalue weighted by molar-refractivity contribution is 5.81. The number of rotatable bonds is 3. The summed E-state index contributed by atoms with van der Waals surface area (Å²) in [6.45, 7) is 2.17. The van der Waals surface area contributed by atoms with Crippen molar-refractivity contribution >= 4 is 5.91 Å². The van der Waals surface area contributed by atoms with Crippen molar-refractivity contribution in [2.75, 3.05) is 20.6 Å². The van der Waals surface area contributed by atoms with Crippen LogP contribution in [0.4, 0.5) is 0 Å². The summed E-state index contributed by atoms with van der Waals surface area (Å²) in [5.74, 6) is 2.42. The van der Waals surface area contributed by atoms with Gasteiger partial charge in [0, 0.05) is 7.05 Å². The molecule has 0 heterocycles. The van der Waals surface area contributed by atoms with E-state index in [1.54, 1.807) is 21.0 Å². The molecule has 0 aromatic rings. The van der Waals surface area contributed by atoms with Crippen LogP contribution in [-0.4, -0.2) is 37.5 Å². The van der Waals surface area contributed by atoms with Crippen LogP contribution < -0.4 is 5.32 Å². The largest absolute Gasteiger partial charge is 0.333 e. The Bertz CT molecular complexity index is 171. The minimum absolute atomic E-state index is 0.0189. The van der Waals surface area contributed by atoms with Crippen LogP contribution >= 0.6 is 0 Å². The first kappa shape index (κ1) is 9.99. The Morgan fingerprint density at radius 1 is 1.82 bits per heavy atom. The van der Waals surface area contributed by atoms with E-state index in [4.69, 9.17) is 6.42 Å². The second kappa shape index (κ2) is 4.75. The van der Waals surface area contributed by atoms with Gasteiger partial charge >= 0.3 is 0 Å². The lowest BCUT2D eigenvalue weighted by Crippen LogP contribution is -2.41. The Labute approximate surface area is 67.8 Å². The van der Waals surface area contributed by atoms with E-state index in [0.717, 1.165) is 0 Å². The first-order valence-electron chi connectivity index (χ1n) is 3.49. The molecular weight excluding hydrogens is 140 g/mol. The summed E-state index contributed by atoms with van der Waals surface area (Å²) in [4.78, 5) is 12.7. The van der Waals surface area contributed by atoms with E-state index < -0.39 is 0 Å².